The van der Waals surface area contributed by atoms with Gasteiger partial charge in [0.2, 0.25) is 5.91 Å². The molecule has 0 spiro atoms. The molecule has 3 aromatic rings. The Labute approximate surface area is 206 Å². The third-order valence-electron chi connectivity index (χ3n) is 6.46. The molecular formula is C26H31N3O5S. The van der Waals surface area contributed by atoms with E-state index in [1.807, 2.05) is 42.2 Å². The van der Waals surface area contributed by atoms with Gasteiger partial charge in [-0.05, 0) is 36.8 Å². The molecule has 2 aromatic carbocycles. The maximum Gasteiger partial charge on any atom is 0.245 e. The summed E-state index contributed by atoms with van der Waals surface area (Å²) < 4.78 is 27.0. The highest BCUT2D eigenvalue weighted by atomic mass is 32.3. The van der Waals surface area contributed by atoms with Crippen molar-refractivity contribution in [3.63, 3.8) is 0 Å². The minimum Gasteiger partial charge on any atom is -0.489 e. The highest BCUT2D eigenvalue weighted by molar-refractivity contribution is 8.25. The first-order valence-electron chi connectivity index (χ1n) is 11.4. The van der Waals surface area contributed by atoms with Crippen LogP contribution < -0.4 is 10.2 Å². The lowest BCUT2D eigenvalue weighted by Gasteiger charge is -2.56. The largest absolute Gasteiger partial charge is 0.489 e. The Balaban J connectivity index is 1.61. The van der Waals surface area contributed by atoms with Gasteiger partial charge in [0.1, 0.15) is 17.1 Å². The van der Waals surface area contributed by atoms with Gasteiger partial charge in [0.15, 0.2) is 0 Å². The van der Waals surface area contributed by atoms with Crippen molar-refractivity contribution in [2.45, 2.75) is 24.7 Å². The summed E-state index contributed by atoms with van der Waals surface area (Å²) in [5.41, 5.74) is 5.10. The SMILES string of the molecule is C=CCN1CCS(O)(O)C(CC(=O)NO)(c2ccc(OCc3cc(C)nc4ccccc34)cc2)C1. The first-order chi connectivity index (χ1) is 16.8. The Morgan fingerprint density at radius 3 is 2.71 bits per heavy atom. The van der Waals surface area contributed by atoms with E-state index in [1.165, 1.54) is 0 Å². The standard InChI is InChI=1S/C26H31N3O5S/c1-3-12-29-13-14-35(32,33)26(18-29,16-25(30)28-31)21-8-10-22(11-9-21)34-17-20-15-19(2)27-24-7-5-4-6-23(20)24/h3-11,15,31-33H,1,12-14,16-18H2,2H3,(H,28,30). The van der Waals surface area contributed by atoms with E-state index in [9.17, 15) is 19.1 Å². The monoisotopic (exact) mass is 497 g/mol. The van der Waals surface area contributed by atoms with Crippen LogP contribution in [-0.4, -0.2) is 55.5 Å². The van der Waals surface area contributed by atoms with Crippen molar-refractivity contribution in [3.05, 3.63) is 84.1 Å². The molecule has 1 fully saturated rings. The lowest BCUT2D eigenvalue weighted by atomic mass is 9.93. The number of hydroxylamine groups is 1. The molecule has 1 aliphatic rings. The number of fused-ring (bicyclic) bond motifs is 1. The second kappa shape index (κ2) is 10.3. The molecule has 1 atom stereocenters. The van der Waals surface area contributed by atoms with Crippen LogP contribution >= 0.6 is 10.6 Å². The summed E-state index contributed by atoms with van der Waals surface area (Å²) in [6.07, 6.45) is 1.48. The number of benzene rings is 2. The number of aromatic nitrogens is 1. The van der Waals surface area contributed by atoms with Crippen molar-refractivity contribution in [1.29, 1.82) is 0 Å². The van der Waals surface area contributed by atoms with Crippen molar-refractivity contribution in [3.8, 4) is 5.75 Å². The molecule has 186 valence electrons. The molecule has 1 amide bonds. The fraction of sp³-hybridized carbons (Fsp3) is 0.308. The number of nitrogens with zero attached hydrogens (tertiary/aromatic N) is 2. The Morgan fingerprint density at radius 2 is 2.00 bits per heavy atom. The predicted molar refractivity (Wildman–Crippen MR) is 138 cm³/mol. The van der Waals surface area contributed by atoms with Crippen molar-refractivity contribution in [2.75, 3.05) is 25.4 Å². The van der Waals surface area contributed by atoms with Crippen LogP contribution in [0, 0.1) is 6.92 Å². The fourth-order valence-electron chi connectivity index (χ4n) is 4.72. The second-order valence-electron chi connectivity index (χ2n) is 8.85. The summed E-state index contributed by atoms with van der Waals surface area (Å²) in [7, 11) is -3.19. The van der Waals surface area contributed by atoms with Crippen LogP contribution in [0.5, 0.6) is 5.75 Å². The van der Waals surface area contributed by atoms with Crippen LogP contribution in [0.3, 0.4) is 0 Å². The number of aryl methyl sites for hydroxylation is 1. The van der Waals surface area contributed by atoms with Crippen LogP contribution in [0.25, 0.3) is 10.9 Å². The molecule has 2 heterocycles. The summed E-state index contributed by atoms with van der Waals surface area (Å²) >= 11 is 0. The van der Waals surface area contributed by atoms with E-state index in [-0.39, 0.29) is 18.7 Å². The van der Waals surface area contributed by atoms with Crippen LogP contribution in [0.15, 0.2) is 67.3 Å². The molecular weight excluding hydrogens is 466 g/mol. The Hall–Kier alpha value is -2.95. The molecule has 4 N–H and O–H groups in total. The van der Waals surface area contributed by atoms with E-state index >= 15 is 0 Å². The Kier molecular flexibility index (Phi) is 7.44. The highest BCUT2D eigenvalue weighted by Crippen LogP contribution is 2.62. The number of rotatable bonds is 8. The zero-order chi connectivity index (χ0) is 25.1. The maximum atomic E-state index is 12.2. The van der Waals surface area contributed by atoms with Gasteiger partial charge >= 0.3 is 0 Å². The number of para-hydroxylation sites is 1. The smallest absolute Gasteiger partial charge is 0.245 e. The summed E-state index contributed by atoms with van der Waals surface area (Å²) in [5, 5.41) is 10.2. The summed E-state index contributed by atoms with van der Waals surface area (Å²) in [6, 6.07) is 17.0. The fourth-order valence-corrected chi connectivity index (χ4v) is 6.89. The third kappa shape index (κ3) is 5.19. The predicted octanol–water partition coefficient (Wildman–Crippen LogP) is 4.47. The third-order valence-corrected chi connectivity index (χ3v) is 8.97. The molecule has 0 bridgehead atoms. The Morgan fingerprint density at radius 1 is 1.26 bits per heavy atom. The maximum absolute atomic E-state index is 12.2. The molecule has 4 rings (SSSR count). The van der Waals surface area contributed by atoms with Crippen LogP contribution in [0.2, 0.25) is 0 Å². The zero-order valence-corrected chi connectivity index (χ0v) is 20.5. The first kappa shape index (κ1) is 25.2. The van der Waals surface area contributed by atoms with E-state index in [4.69, 9.17) is 4.74 Å². The number of pyridine rings is 1. The molecule has 0 saturated carbocycles. The molecule has 8 nitrogen and oxygen atoms in total. The number of amides is 1. The van der Waals surface area contributed by atoms with Gasteiger partial charge in [-0.2, -0.15) is 10.6 Å². The lowest BCUT2D eigenvalue weighted by Crippen LogP contribution is -2.53. The van der Waals surface area contributed by atoms with Crippen molar-refractivity contribution < 1.29 is 23.8 Å². The van der Waals surface area contributed by atoms with Gasteiger partial charge in [-0.1, -0.05) is 36.4 Å². The number of carbonyl (C=O) groups is 1. The van der Waals surface area contributed by atoms with Gasteiger partial charge in [0.25, 0.3) is 0 Å². The minimum atomic E-state index is -3.19. The van der Waals surface area contributed by atoms with Crippen LogP contribution in [0.4, 0.5) is 0 Å². The Bertz CT molecular complexity index is 1220. The zero-order valence-electron chi connectivity index (χ0n) is 19.7. The molecule has 9 heteroatoms. The summed E-state index contributed by atoms with van der Waals surface area (Å²) in [6.45, 7) is 7.36. The van der Waals surface area contributed by atoms with Crippen LogP contribution in [-0.2, 0) is 16.1 Å². The normalized spacial score (nSPS) is 20.8. The highest BCUT2D eigenvalue weighted by Gasteiger charge is 2.50. The van der Waals surface area contributed by atoms with Gasteiger partial charge in [-0.3, -0.25) is 29.0 Å². The topological polar surface area (TPSA) is 115 Å². The lowest BCUT2D eigenvalue weighted by molar-refractivity contribution is -0.130. The van der Waals surface area contributed by atoms with Gasteiger partial charge in [-0.25, -0.2) is 5.48 Å². The van der Waals surface area contributed by atoms with Crippen LogP contribution in [0.1, 0.15) is 23.2 Å². The number of ether oxygens (including phenoxy) is 1. The van der Waals surface area contributed by atoms with E-state index in [0.29, 0.717) is 31.0 Å². The van der Waals surface area contributed by atoms with Gasteiger partial charge in [-0.15, -0.1) is 6.58 Å². The second-order valence-corrected chi connectivity index (χ2v) is 11.4. The van der Waals surface area contributed by atoms with Gasteiger partial charge in [0.05, 0.1) is 17.7 Å². The van der Waals surface area contributed by atoms with E-state index in [1.54, 1.807) is 35.8 Å². The van der Waals surface area contributed by atoms with Crippen molar-refractivity contribution in [1.82, 2.24) is 15.4 Å². The van der Waals surface area contributed by atoms with Crippen molar-refractivity contribution in [2.24, 2.45) is 0 Å². The number of hydrogen-bond acceptors (Lipinski definition) is 7. The molecule has 1 saturated heterocycles. The molecule has 0 aliphatic carbocycles. The van der Waals surface area contributed by atoms with E-state index < -0.39 is 21.2 Å². The van der Waals surface area contributed by atoms with Gasteiger partial charge < -0.3 is 4.74 Å². The van der Waals surface area contributed by atoms with E-state index in [0.717, 1.165) is 22.2 Å². The summed E-state index contributed by atoms with van der Waals surface area (Å²) in [5.74, 6) is 0.0710. The molecule has 1 unspecified atom stereocenters. The molecule has 1 aliphatic heterocycles. The number of hydrogen-bond donors (Lipinski definition) is 4. The number of nitrogens with one attached hydrogen (secondary N) is 1. The van der Waals surface area contributed by atoms with Crippen molar-refractivity contribution >= 4 is 27.4 Å². The number of carbonyl (C=O) groups excluding carboxylic acids is 1. The van der Waals surface area contributed by atoms with E-state index in [2.05, 4.69) is 11.6 Å². The average Bonchev–Trinajstić information content (AvgIpc) is 2.85. The van der Waals surface area contributed by atoms with Gasteiger partial charge in [0, 0.05) is 36.3 Å². The molecule has 0 radical (unpaired) electrons. The molecule has 35 heavy (non-hydrogen) atoms. The first-order valence-corrected chi connectivity index (χ1v) is 13.1. The quantitative estimate of drug-likeness (QED) is 0.206. The summed E-state index contributed by atoms with van der Waals surface area (Å²) in [4.78, 5) is 18.8. The minimum absolute atomic E-state index is 0.131. The average molecular weight is 498 g/mol. The molecule has 1 aromatic heterocycles.